The number of carbonyl (C=O) groups excluding carboxylic acids is 1. The number of aliphatic carboxylic acids is 1. The SMILES string of the molecule is CCOc1cc(C(=O)Nc2sc3c(c2C)CCCC3)ccc1OCC(=O)O. The fraction of sp³-hybridized carbons (Fsp3) is 0.400. The Kier molecular flexibility index (Phi) is 6.01. The molecule has 2 N–H and O–H groups in total. The van der Waals surface area contributed by atoms with Gasteiger partial charge in [-0.15, -0.1) is 11.3 Å². The third kappa shape index (κ3) is 4.42. The Morgan fingerprint density at radius 1 is 1.19 bits per heavy atom. The third-order valence-corrected chi connectivity index (χ3v) is 5.83. The molecule has 1 amide bonds. The zero-order valence-corrected chi connectivity index (χ0v) is 16.3. The number of carboxylic acids is 1. The molecule has 3 rings (SSSR count). The summed E-state index contributed by atoms with van der Waals surface area (Å²) in [6, 6.07) is 4.76. The van der Waals surface area contributed by atoms with Gasteiger partial charge in [-0.3, -0.25) is 4.79 Å². The molecule has 1 aromatic carbocycles. The van der Waals surface area contributed by atoms with E-state index in [1.54, 1.807) is 29.5 Å². The smallest absolute Gasteiger partial charge is 0.341 e. The Bertz CT molecular complexity index is 858. The maximum Gasteiger partial charge on any atom is 0.341 e. The van der Waals surface area contributed by atoms with Crippen molar-refractivity contribution in [1.29, 1.82) is 0 Å². The van der Waals surface area contributed by atoms with Crippen LogP contribution in [0.4, 0.5) is 5.00 Å². The van der Waals surface area contributed by atoms with Crippen molar-refractivity contribution < 1.29 is 24.2 Å². The van der Waals surface area contributed by atoms with Crippen molar-refractivity contribution >= 4 is 28.2 Å². The Labute approximate surface area is 162 Å². The minimum Gasteiger partial charge on any atom is -0.490 e. The molecule has 2 aromatic rings. The van der Waals surface area contributed by atoms with Gasteiger partial charge in [-0.05, 0) is 68.9 Å². The molecular weight excluding hydrogens is 366 g/mol. The van der Waals surface area contributed by atoms with Crippen molar-refractivity contribution in [2.45, 2.75) is 39.5 Å². The van der Waals surface area contributed by atoms with Gasteiger partial charge < -0.3 is 19.9 Å². The molecule has 7 heteroatoms. The fourth-order valence-corrected chi connectivity index (χ4v) is 4.49. The molecule has 0 saturated heterocycles. The van der Waals surface area contributed by atoms with Gasteiger partial charge in [0.1, 0.15) is 0 Å². The van der Waals surface area contributed by atoms with Gasteiger partial charge >= 0.3 is 5.97 Å². The molecule has 0 atom stereocenters. The molecule has 6 nitrogen and oxygen atoms in total. The van der Waals surface area contributed by atoms with E-state index >= 15 is 0 Å². The minimum absolute atomic E-state index is 0.220. The Morgan fingerprint density at radius 3 is 2.67 bits per heavy atom. The standard InChI is InChI=1S/C20H23NO5S/c1-3-25-16-10-13(8-9-15(16)26-11-18(22)23)19(24)21-20-12(2)14-6-4-5-7-17(14)27-20/h8-10H,3-7,11H2,1-2H3,(H,21,24)(H,22,23). The normalized spacial score (nSPS) is 13.0. The third-order valence-electron chi connectivity index (χ3n) is 4.52. The lowest BCUT2D eigenvalue weighted by molar-refractivity contribution is -0.139. The lowest BCUT2D eigenvalue weighted by atomic mass is 9.96. The fourth-order valence-electron chi connectivity index (χ4n) is 3.19. The van der Waals surface area contributed by atoms with Crippen LogP contribution in [-0.2, 0) is 17.6 Å². The van der Waals surface area contributed by atoms with E-state index < -0.39 is 12.6 Å². The van der Waals surface area contributed by atoms with E-state index in [0.717, 1.165) is 23.4 Å². The number of anilines is 1. The first-order valence-electron chi connectivity index (χ1n) is 9.03. The predicted octanol–water partition coefficient (Wildman–Crippen LogP) is 4.05. The maximum absolute atomic E-state index is 12.7. The summed E-state index contributed by atoms with van der Waals surface area (Å²) in [6.07, 6.45) is 4.57. The number of carboxylic acid groups (broad SMARTS) is 1. The van der Waals surface area contributed by atoms with Crippen LogP contribution >= 0.6 is 11.3 Å². The highest BCUT2D eigenvalue weighted by atomic mass is 32.1. The number of amides is 1. The van der Waals surface area contributed by atoms with E-state index in [2.05, 4.69) is 12.2 Å². The van der Waals surface area contributed by atoms with Crippen LogP contribution in [0.5, 0.6) is 11.5 Å². The monoisotopic (exact) mass is 389 g/mol. The van der Waals surface area contributed by atoms with Crippen molar-refractivity contribution in [3.05, 3.63) is 39.8 Å². The zero-order valence-electron chi connectivity index (χ0n) is 15.5. The molecular formula is C20H23NO5S. The highest BCUT2D eigenvalue weighted by Gasteiger charge is 2.20. The van der Waals surface area contributed by atoms with Crippen LogP contribution in [0.3, 0.4) is 0 Å². The molecule has 1 aliphatic carbocycles. The molecule has 0 unspecified atom stereocenters. The number of aryl methyl sites for hydroxylation is 1. The van der Waals surface area contributed by atoms with Gasteiger partial charge in [0, 0.05) is 10.4 Å². The maximum atomic E-state index is 12.7. The summed E-state index contributed by atoms with van der Waals surface area (Å²) in [5.74, 6) is -0.633. The number of hydrogen-bond donors (Lipinski definition) is 2. The number of carbonyl (C=O) groups is 2. The van der Waals surface area contributed by atoms with Crippen LogP contribution < -0.4 is 14.8 Å². The van der Waals surface area contributed by atoms with Gasteiger partial charge in [-0.25, -0.2) is 4.79 Å². The summed E-state index contributed by atoms with van der Waals surface area (Å²) >= 11 is 1.66. The van der Waals surface area contributed by atoms with Crippen molar-refractivity contribution in [3.63, 3.8) is 0 Å². The van der Waals surface area contributed by atoms with Gasteiger partial charge in [0.2, 0.25) is 0 Å². The first-order valence-corrected chi connectivity index (χ1v) is 9.85. The Morgan fingerprint density at radius 2 is 1.96 bits per heavy atom. The molecule has 144 valence electrons. The van der Waals surface area contributed by atoms with E-state index in [4.69, 9.17) is 14.6 Å². The number of ether oxygens (including phenoxy) is 2. The van der Waals surface area contributed by atoms with E-state index in [1.807, 2.05) is 6.92 Å². The summed E-state index contributed by atoms with van der Waals surface area (Å²) in [5.41, 5.74) is 2.98. The molecule has 1 aliphatic rings. The van der Waals surface area contributed by atoms with Crippen LogP contribution in [0.1, 0.15) is 46.1 Å². The summed E-state index contributed by atoms with van der Waals surface area (Å²) in [4.78, 5) is 24.8. The van der Waals surface area contributed by atoms with Gasteiger partial charge in [-0.2, -0.15) is 0 Å². The second-order valence-corrected chi connectivity index (χ2v) is 7.50. The van der Waals surface area contributed by atoms with Crippen molar-refractivity contribution in [3.8, 4) is 11.5 Å². The zero-order chi connectivity index (χ0) is 19.4. The highest BCUT2D eigenvalue weighted by Crippen LogP contribution is 2.38. The molecule has 0 saturated carbocycles. The largest absolute Gasteiger partial charge is 0.490 e. The average molecular weight is 389 g/mol. The number of rotatable bonds is 7. The van der Waals surface area contributed by atoms with Crippen LogP contribution in [0.25, 0.3) is 0 Å². The van der Waals surface area contributed by atoms with Crippen molar-refractivity contribution in [1.82, 2.24) is 0 Å². The summed E-state index contributed by atoms with van der Waals surface area (Å²) in [7, 11) is 0. The second kappa shape index (κ2) is 8.43. The van der Waals surface area contributed by atoms with Gasteiger partial charge in [0.05, 0.1) is 11.6 Å². The van der Waals surface area contributed by atoms with Crippen molar-refractivity contribution in [2.75, 3.05) is 18.5 Å². The average Bonchev–Trinajstić information content (AvgIpc) is 2.96. The summed E-state index contributed by atoms with van der Waals surface area (Å²) in [5, 5.41) is 12.7. The highest BCUT2D eigenvalue weighted by molar-refractivity contribution is 7.16. The van der Waals surface area contributed by atoms with E-state index in [9.17, 15) is 9.59 Å². The molecule has 1 aromatic heterocycles. The van der Waals surface area contributed by atoms with E-state index in [0.29, 0.717) is 23.7 Å². The summed E-state index contributed by atoms with van der Waals surface area (Å²) in [6.45, 7) is 3.79. The molecule has 1 heterocycles. The molecule has 0 spiro atoms. The van der Waals surface area contributed by atoms with Gasteiger partial charge in [0.25, 0.3) is 5.91 Å². The first kappa shape index (κ1) is 19.2. The number of benzene rings is 1. The predicted molar refractivity (Wildman–Crippen MR) is 104 cm³/mol. The van der Waals surface area contributed by atoms with Crippen LogP contribution in [0.2, 0.25) is 0 Å². The summed E-state index contributed by atoms with van der Waals surface area (Å²) < 4.78 is 10.7. The number of hydrogen-bond acceptors (Lipinski definition) is 5. The number of nitrogens with one attached hydrogen (secondary N) is 1. The van der Waals surface area contributed by atoms with Crippen molar-refractivity contribution in [2.24, 2.45) is 0 Å². The van der Waals surface area contributed by atoms with Crippen LogP contribution in [0, 0.1) is 6.92 Å². The lowest BCUT2D eigenvalue weighted by Gasteiger charge is -2.12. The number of thiophene rings is 1. The molecule has 0 fully saturated rings. The second-order valence-electron chi connectivity index (χ2n) is 6.40. The Balaban J connectivity index is 1.79. The van der Waals surface area contributed by atoms with E-state index in [-0.39, 0.29) is 5.91 Å². The molecule has 27 heavy (non-hydrogen) atoms. The first-order chi connectivity index (χ1) is 13.0. The van der Waals surface area contributed by atoms with Crippen LogP contribution in [-0.4, -0.2) is 30.2 Å². The topological polar surface area (TPSA) is 84.9 Å². The minimum atomic E-state index is -1.07. The van der Waals surface area contributed by atoms with Gasteiger partial charge in [-0.1, -0.05) is 0 Å². The molecule has 0 aliphatic heterocycles. The quantitative estimate of drug-likeness (QED) is 0.746. The van der Waals surface area contributed by atoms with Crippen LogP contribution in [0.15, 0.2) is 18.2 Å². The number of fused-ring (bicyclic) bond motifs is 1. The molecule has 0 radical (unpaired) electrons. The van der Waals surface area contributed by atoms with E-state index in [1.165, 1.54) is 23.3 Å². The Hall–Kier alpha value is -2.54. The molecule has 0 bridgehead atoms. The van der Waals surface area contributed by atoms with Gasteiger partial charge in [0.15, 0.2) is 18.1 Å². The lowest BCUT2D eigenvalue weighted by Crippen LogP contribution is -2.13.